The molecule has 1 aromatic heterocycles. The maximum absolute atomic E-state index is 13.0. The van der Waals surface area contributed by atoms with Gasteiger partial charge < -0.3 is 19.7 Å². The highest BCUT2D eigenvalue weighted by Gasteiger charge is 2.66. The topological polar surface area (TPSA) is 82.2 Å². The zero-order valence-electron chi connectivity index (χ0n) is 20.9. The Morgan fingerprint density at radius 3 is 2.58 bits per heavy atom. The lowest BCUT2D eigenvalue weighted by Crippen LogP contribution is -2.59. The number of piperidine rings is 1. The van der Waals surface area contributed by atoms with Crippen LogP contribution in [0.1, 0.15) is 51.4 Å². The normalized spacial score (nSPS) is 34.1. The molecule has 36 heavy (non-hydrogen) atoms. The molecule has 6 aliphatic rings. The highest BCUT2D eigenvalue weighted by atomic mass is 17.3. The molecule has 0 atom stereocenters. The minimum absolute atomic E-state index is 0.140. The Morgan fingerprint density at radius 2 is 1.86 bits per heavy atom. The maximum Gasteiger partial charge on any atom is 0.224 e. The quantitative estimate of drug-likeness (QED) is 0.615. The van der Waals surface area contributed by atoms with Gasteiger partial charge in [0, 0.05) is 68.4 Å². The third-order valence-corrected chi connectivity index (χ3v) is 9.39. The number of carbonyl (C=O) groups is 1. The summed E-state index contributed by atoms with van der Waals surface area (Å²) in [5, 5.41) is 4.39. The van der Waals surface area contributed by atoms with Gasteiger partial charge in [-0.3, -0.25) is 9.78 Å². The molecule has 4 saturated carbocycles. The summed E-state index contributed by atoms with van der Waals surface area (Å²) in [4.78, 5) is 31.6. The van der Waals surface area contributed by atoms with Gasteiger partial charge in [-0.1, -0.05) is 6.07 Å². The molecule has 2 aliphatic heterocycles. The first-order valence-electron chi connectivity index (χ1n) is 13.6. The molecule has 2 aromatic rings. The Labute approximate surface area is 211 Å². The van der Waals surface area contributed by atoms with Gasteiger partial charge in [-0.05, 0) is 56.1 Å². The van der Waals surface area contributed by atoms with E-state index in [1.165, 1.54) is 32.1 Å². The van der Waals surface area contributed by atoms with E-state index in [0.29, 0.717) is 50.7 Å². The molecule has 0 unspecified atom stereocenters. The average Bonchev–Trinajstić information content (AvgIpc) is 3.26. The fourth-order valence-corrected chi connectivity index (χ4v) is 7.77. The summed E-state index contributed by atoms with van der Waals surface area (Å²) in [5.41, 5.74) is 1.75. The number of benzene rings is 1. The number of anilines is 1. The smallest absolute Gasteiger partial charge is 0.224 e. The lowest BCUT2D eigenvalue weighted by molar-refractivity contribution is -0.390. The zero-order valence-corrected chi connectivity index (χ0v) is 20.9. The number of methoxy groups -OCH3 is 1. The van der Waals surface area contributed by atoms with Crippen LogP contribution in [0.5, 0.6) is 5.75 Å². The highest BCUT2D eigenvalue weighted by molar-refractivity contribution is 5.92. The number of rotatable bonds is 5. The van der Waals surface area contributed by atoms with E-state index in [4.69, 9.17) is 19.2 Å². The number of carbonyl (C=O) groups excluding carboxylic acids is 1. The highest BCUT2D eigenvalue weighted by Crippen LogP contribution is 2.63. The van der Waals surface area contributed by atoms with Crippen LogP contribution in [-0.2, 0) is 19.3 Å². The number of nitrogens with zero attached hydrogens (tertiary/aromatic N) is 2. The molecular weight excluding hydrogens is 458 g/mol. The van der Waals surface area contributed by atoms with Gasteiger partial charge in [0.1, 0.15) is 5.75 Å². The van der Waals surface area contributed by atoms with Crippen molar-refractivity contribution in [3.63, 3.8) is 0 Å². The lowest BCUT2D eigenvalue weighted by Gasteiger charge is -2.57. The van der Waals surface area contributed by atoms with Gasteiger partial charge in [0.25, 0.3) is 0 Å². The van der Waals surface area contributed by atoms with Gasteiger partial charge in [0.15, 0.2) is 0 Å². The van der Waals surface area contributed by atoms with Crippen LogP contribution in [0, 0.1) is 23.7 Å². The van der Waals surface area contributed by atoms with Gasteiger partial charge in [-0.15, -0.1) is 0 Å². The number of likely N-dealkylation sites (tertiary alicyclic amines) is 1. The maximum atomic E-state index is 13.0. The minimum atomic E-state index is -0.699. The van der Waals surface area contributed by atoms with Crippen molar-refractivity contribution in [2.75, 3.05) is 32.1 Å². The molecule has 8 heteroatoms. The van der Waals surface area contributed by atoms with Crippen molar-refractivity contribution in [2.45, 2.75) is 62.9 Å². The van der Waals surface area contributed by atoms with Crippen molar-refractivity contribution < 1.29 is 24.0 Å². The first-order chi connectivity index (χ1) is 17.6. The van der Waals surface area contributed by atoms with Gasteiger partial charge >= 0.3 is 0 Å². The minimum Gasteiger partial charge on any atom is -0.497 e. The first kappa shape index (κ1) is 22.8. The van der Waals surface area contributed by atoms with Gasteiger partial charge in [0.05, 0.1) is 18.3 Å². The number of hydrogen-bond donors (Lipinski definition) is 1. The van der Waals surface area contributed by atoms with Crippen LogP contribution in [0.2, 0.25) is 0 Å². The summed E-state index contributed by atoms with van der Waals surface area (Å²) < 4.78 is 12.2. The zero-order chi connectivity index (χ0) is 24.3. The van der Waals surface area contributed by atoms with Crippen LogP contribution >= 0.6 is 0 Å². The SMILES string of the molecule is COc1cc(NCCC(=O)N2CCC3(CC2)OOC2(O3)C3CC4CC(C3)CC2C4)c2ncccc2c1. The van der Waals surface area contributed by atoms with E-state index < -0.39 is 11.6 Å². The van der Waals surface area contributed by atoms with Crippen molar-refractivity contribution in [3.05, 3.63) is 30.5 Å². The Kier molecular flexibility index (Phi) is 5.42. The number of amides is 1. The summed E-state index contributed by atoms with van der Waals surface area (Å²) in [7, 11) is 1.65. The van der Waals surface area contributed by atoms with Gasteiger partial charge in [0.2, 0.25) is 17.5 Å². The van der Waals surface area contributed by atoms with E-state index in [9.17, 15) is 4.79 Å². The lowest BCUT2D eigenvalue weighted by atomic mass is 9.53. The fourth-order valence-electron chi connectivity index (χ4n) is 7.77. The Bertz CT molecular complexity index is 1130. The number of hydrogen-bond acceptors (Lipinski definition) is 7. The van der Waals surface area contributed by atoms with Crippen LogP contribution in [0.15, 0.2) is 30.5 Å². The molecule has 3 heterocycles. The molecule has 6 fully saturated rings. The van der Waals surface area contributed by atoms with Crippen molar-refractivity contribution in [2.24, 2.45) is 23.7 Å². The van der Waals surface area contributed by atoms with Crippen LogP contribution in [0.3, 0.4) is 0 Å². The standard InChI is InChI=1S/C28H35N3O5/c1-33-23-16-20-3-2-7-30-26(20)24(17-23)29-8-4-25(32)31-9-5-27(6-10-31)34-28(36-35-27)21-12-18-11-19(14-21)15-22(28)13-18/h2-3,7,16-19,21-22,29H,4-6,8-15H2,1H3. The number of aromatic nitrogens is 1. The van der Waals surface area contributed by atoms with Gasteiger partial charge in [-0.2, -0.15) is 9.78 Å². The summed E-state index contributed by atoms with van der Waals surface area (Å²) in [6.07, 6.45) is 9.74. The second kappa shape index (κ2) is 8.57. The average molecular weight is 494 g/mol. The Balaban J connectivity index is 0.948. The number of nitrogens with one attached hydrogen (secondary N) is 1. The van der Waals surface area contributed by atoms with Crippen LogP contribution < -0.4 is 10.1 Å². The molecule has 4 aliphatic carbocycles. The molecule has 1 N–H and O–H groups in total. The Morgan fingerprint density at radius 1 is 1.11 bits per heavy atom. The van der Waals surface area contributed by atoms with Crippen molar-refractivity contribution in [3.8, 4) is 5.75 Å². The van der Waals surface area contributed by atoms with Crippen molar-refractivity contribution in [1.82, 2.24) is 9.88 Å². The molecule has 2 saturated heterocycles. The molecule has 1 aromatic carbocycles. The molecule has 4 bridgehead atoms. The van der Waals surface area contributed by atoms with Crippen molar-refractivity contribution in [1.29, 1.82) is 0 Å². The van der Waals surface area contributed by atoms with E-state index in [1.54, 1.807) is 13.3 Å². The fraction of sp³-hybridized carbons (Fsp3) is 0.643. The van der Waals surface area contributed by atoms with Crippen LogP contribution in [0.4, 0.5) is 5.69 Å². The number of ether oxygens (including phenoxy) is 2. The molecule has 0 radical (unpaired) electrons. The number of fused-ring (bicyclic) bond motifs is 1. The van der Waals surface area contributed by atoms with Crippen LogP contribution in [0.25, 0.3) is 10.9 Å². The first-order valence-corrected chi connectivity index (χ1v) is 13.6. The summed E-state index contributed by atoms with van der Waals surface area (Å²) in [6.45, 7) is 1.79. The predicted octanol–water partition coefficient (Wildman–Crippen LogP) is 4.49. The van der Waals surface area contributed by atoms with Gasteiger partial charge in [-0.25, -0.2) is 0 Å². The second-order valence-corrected chi connectivity index (χ2v) is 11.5. The largest absolute Gasteiger partial charge is 0.497 e. The number of pyridine rings is 1. The Hall–Kier alpha value is -2.42. The van der Waals surface area contributed by atoms with E-state index >= 15 is 0 Å². The summed E-state index contributed by atoms with van der Waals surface area (Å²) in [5.74, 6) is 2.28. The predicted molar refractivity (Wildman–Crippen MR) is 133 cm³/mol. The molecule has 8 rings (SSSR count). The monoisotopic (exact) mass is 493 g/mol. The van der Waals surface area contributed by atoms with E-state index in [2.05, 4.69) is 10.3 Å². The summed E-state index contributed by atoms with van der Waals surface area (Å²) >= 11 is 0. The van der Waals surface area contributed by atoms with Crippen molar-refractivity contribution >= 4 is 22.5 Å². The van der Waals surface area contributed by atoms with E-state index in [0.717, 1.165) is 34.2 Å². The molecule has 2 spiro atoms. The third-order valence-electron chi connectivity index (χ3n) is 9.39. The second-order valence-electron chi connectivity index (χ2n) is 11.5. The van der Waals surface area contributed by atoms with E-state index in [1.807, 2.05) is 29.2 Å². The molecular formula is C28H35N3O5. The van der Waals surface area contributed by atoms with E-state index in [-0.39, 0.29) is 5.91 Å². The summed E-state index contributed by atoms with van der Waals surface area (Å²) in [6, 6.07) is 7.81. The molecule has 192 valence electrons. The third kappa shape index (κ3) is 3.68. The van der Waals surface area contributed by atoms with Crippen LogP contribution in [-0.4, -0.2) is 54.1 Å². The molecule has 8 nitrogen and oxygen atoms in total. The molecule has 1 amide bonds.